The first-order valence-electron chi connectivity index (χ1n) is 8.99. The van der Waals surface area contributed by atoms with Crippen molar-refractivity contribution in [1.29, 1.82) is 0 Å². The molecule has 0 aromatic heterocycles. The highest BCUT2D eigenvalue weighted by atomic mass is 16.1. The number of carbonyl (C=O) groups is 1. The number of hydrogen-bond acceptors (Lipinski definition) is 1. The molecule has 3 fully saturated rings. The van der Waals surface area contributed by atoms with E-state index >= 15 is 0 Å². The van der Waals surface area contributed by atoms with Gasteiger partial charge in [-0.15, -0.1) is 0 Å². The molecule has 6 atom stereocenters. The minimum absolute atomic E-state index is 0.0165. The van der Waals surface area contributed by atoms with Crippen molar-refractivity contribution < 1.29 is 4.79 Å². The van der Waals surface area contributed by atoms with Gasteiger partial charge in [0, 0.05) is 5.41 Å². The van der Waals surface area contributed by atoms with Gasteiger partial charge in [-0.25, -0.2) is 0 Å². The summed E-state index contributed by atoms with van der Waals surface area (Å²) in [5.74, 6) is 4.83. The van der Waals surface area contributed by atoms with E-state index in [1.165, 1.54) is 51.4 Å². The second-order valence-electron chi connectivity index (χ2n) is 7.91. The first-order valence-corrected chi connectivity index (χ1v) is 8.99. The number of carbonyl (C=O) groups excluding carboxylic acids is 1. The molecule has 0 radical (unpaired) electrons. The van der Waals surface area contributed by atoms with Crippen LogP contribution in [0.3, 0.4) is 0 Å². The van der Waals surface area contributed by atoms with E-state index in [0.29, 0.717) is 11.7 Å². The van der Waals surface area contributed by atoms with Crippen molar-refractivity contribution in [3.05, 3.63) is 12.2 Å². The van der Waals surface area contributed by atoms with Crippen LogP contribution in [0.25, 0.3) is 0 Å². The molecule has 4 aliphatic carbocycles. The summed E-state index contributed by atoms with van der Waals surface area (Å²) in [4.78, 5) is 12.4. The van der Waals surface area contributed by atoms with Gasteiger partial charge < -0.3 is 0 Å². The standard InChI is InChI=1S/C19H28O/c1-2-19-12-11-15-14-6-4-3-5-13(14)7-8-16(15)17(19)9-10-18(19)20/h9-10,13-17H,2-8,11-12H2,1H3/t13-,14+,15-,16-,17+,19+/m1/s1. The molecule has 0 N–H and O–H groups in total. The Morgan fingerprint density at radius 3 is 2.75 bits per heavy atom. The molecule has 4 rings (SSSR count). The molecule has 0 aromatic carbocycles. The quantitative estimate of drug-likeness (QED) is 0.672. The number of rotatable bonds is 1. The van der Waals surface area contributed by atoms with E-state index in [4.69, 9.17) is 0 Å². The highest BCUT2D eigenvalue weighted by Gasteiger charge is 2.56. The summed E-state index contributed by atoms with van der Waals surface area (Å²) < 4.78 is 0. The van der Waals surface area contributed by atoms with Crippen LogP contribution in [0.15, 0.2) is 12.2 Å². The monoisotopic (exact) mass is 272 g/mol. The average Bonchev–Trinajstić information content (AvgIpc) is 2.85. The lowest BCUT2D eigenvalue weighted by Crippen LogP contribution is -2.49. The van der Waals surface area contributed by atoms with Crippen LogP contribution in [0.4, 0.5) is 0 Å². The molecule has 0 heterocycles. The predicted molar refractivity (Wildman–Crippen MR) is 81.3 cm³/mol. The Morgan fingerprint density at radius 2 is 1.90 bits per heavy atom. The van der Waals surface area contributed by atoms with Gasteiger partial charge in [0.1, 0.15) is 0 Å². The largest absolute Gasteiger partial charge is 0.294 e. The zero-order valence-electron chi connectivity index (χ0n) is 12.8. The van der Waals surface area contributed by atoms with Crippen LogP contribution in [-0.2, 0) is 4.79 Å². The maximum atomic E-state index is 12.4. The Bertz CT molecular complexity index is 437. The van der Waals surface area contributed by atoms with E-state index in [-0.39, 0.29) is 5.41 Å². The van der Waals surface area contributed by atoms with E-state index in [2.05, 4.69) is 13.0 Å². The van der Waals surface area contributed by atoms with Gasteiger partial charge in [-0.2, -0.15) is 0 Å². The zero-order valence-corrected chi connectivity index (χ0v) is 12.8. The third kappa shape index (κ3) is 1.64. The molecule has 0 amide bonds. The van der Waals surface area contributed by atoms with Gasteiger partial charge in [-0.1, -0.05) is 32.3 Å². The number of ketones is 1. The number of allylic oxidation sites excluding steroid dienone is 2. The van der Waals surface area contributed by atoms with Crippen molar-refractivity contribution in [2.45, 2.75) is 64.7 Å². The fourth-order valence-corrected chi connectivity index (χ4v) is 6.53. The Hall–Kier alpha value is -0.590. The summed E-state index contributed by atoms with van der Waals surface area (Å²) in [6, 6.07) is 0. The maximum absolute atomic E-state index is 12.4. The maximum Gasteiger partial charge on any atom is 0.162 e. The van der Waals surface area contributed by atoms with Crippen LogP contribution in [-0.4, -0.2) is 5.78 Å². The van der Waals surface area contributed by atoms with Crippen LogP contribution < -0.4 is 0 Å². The third-order valence-corrected chi connectivity index (χ3v) is 7.54. The van der Waals surface area contributed by atoms with Gasteiger partial charge in [0.25, 0.3) is 0 Å². The predicted octanol–water partition coefficient (Wildman–Crippen LogP) is 4.76. The fourth-order valence-electron chi connectivity index (χ4n) is 6.53. The lowest BCUT2D eigenvalue weighted by Gasteiger charge is -2.54. The smallest absolute Gasteiger partial charge is 0.162 e. The molecule has 1 heteroatoms. The molecule has 20 heavy (non-hydrogen) atoms. The van der Waals surface area contributed by atoms with Gasteiger partial charge >= 0.3 is 0 Å². The second-order valence-corrected chi connectivity index (χ2v) is 7.91. The minimum atomic E-state index is 0.0165. The van der Waals surface area contributed by atoms with Crippen LogP contribution >= 0.6 is 0 Å². The van der Waals surface area contributed by atoms with Crippen molar-refractivity contribution in [1.82, 2.24) is 0 Å². The summed E-state index contributed by atoms with van der Waals surface area (Å²) in [7, 11) is 0. The average molecular weight is 272 g/mol. The summed E-state index contributed by atoms with van der Waals surface area (Å²) in [6.45, 7) is 2.24. The van der Waals surface area contributed by atoms with Gasteiger partial charge in [-0.3, -0.25) is 4.79 Å². The van der Waals surface area contributed by atoms with Crippen LogP contribution in [0.1, 0.15) is 64.7 Å². The Kier molecular flexibility index (Phi) is 3.09. The molecule has 0 unspecified atom stereocenters. The fraction of sp³-hybridized carbons (Fsp3) is 0.842. The lowest BCUT2D eigenvalue weighted by atomic mass is 9.50. The molecular formula is C19H28O. The Labute approximate surface area is 123 Å². The first kappa shape index (κ1) is 13.1. The van der Waals surface area contributed by atoms with Crippen LogP contribution in [0.2, 0.25) is 0 Å². The molecular weight excluding hydrogens is 244 g/mol. The van der Waals surface area contributed by atoms with Crippen LogP contribution in [0, 0.1) is 35.0 Å². The highest BCUT2D eigenvalue weighted by molar-refractivity contribution is 5.98. The van der Waals surface area contributed by atoms with E-state index in [9.17, 15) is 4.79 Å². The van der Waals surface area contributed by atoms with Crippen molar-refractivity contribution in [2.24, 2.45) is 35.0 Å². The van der Waals surface area contributed by atoms with Gasteiger partial charge in [-0.05, 0) is 74.2 Å². The minimum Gasteiger partial charge on any atom is -0.294 e. The van der Waals surface area contributed by atoms with Crippen molar-refractivity contribution in [3.8, 4) is 0 Å². The van der Waals surface area contributed by atoms with Crippen LogP contribution in [0.5, 0.6) is 0 Å². The van der Waals surface area contributed by atoms with Crippen molar-refractivity contribution in [3.63, 3.8) is 0 Å². The lowest BCUT2D eigenvalue weighted by molar-refractivity contribution is -0.132. The molecule has 3 saturated carbocycles. The zero-order chi connectivity index (χ0) is 13.7. The Morgan fingerprint density at radius 1 is 1.05 bits per heavy atom. The molecule has 1 nitrogen and oxygen atoms in total. The summed E-state index contributed by atoms with van der Waals surface area (Å²) >= 11 is 0. The van der Waals surface area contributed by atoms with Gasteiger partial charge in [0.15, 0.2) is 5.78 Å². The molecule has 110 valence electrons. The first-order chi connectivity index (χ1) is 9.76. The Balaban J connectivity index is 1.63. The van der Waals surface area contributed by atoms with Gasteiger partial charge in [0.05, 0.1) is 0 Å². The normalized spacial score (nSPS) is 50.5. The summed E-state index contributed by atoms with van der Waals surface area (Å²) in [6.07, 6.45) is 16.6. The van der Waals surface area contributed by atoms with Gasteiger partial charge in [0.2, 0.25) is 0 Å². The molecule has 0 saturated heterocycles. The summed E-state index contributed by atoms with van der Waals surface area (Å²) in [5.41, 5.74) is 0.0165. The number of fused-ring (bicyclic) bond motifs is 5. The molecule has 0 spiro atoms. The van der Waals surface area contributed by atoms with E-state index < -0.39 is 0 Å². The molecule has 0 aliphatic heterocycles. The molecule has 0 aromatic rings. The SMILES string of the molecule is CC[C@]12CC[C@H]3[C@@H](CC[C@H]4CCCC[C@@H]43)[C@@H]1C=CC2=O. The highest BCUT2D eigenvalue weighted by Crippen LogP contribution is 2.60. The number of hydrogen-bond donors (Lipinski definition) is 0. The van der Waals surface area contributed by atoms with E-state index in [1.54, 1.807) is 0 Å². The van der Waals surface area contributed by atoms with Crippen molar-refractivity contribution in [2.75, 3.05) is 0 Å². The van der Waals surface area contributed by atoms with E-state index in [1.807, 2.05) is 6.08 Å². The topological polar surface area (TPSA) is 17.1 Å². The second kappa shape index (κ2) is 4.71. The summed E-state index contributed by atoms with van der Waals surface area (Å²) in [5, 5.41) is 0. The van der Waals surface area contributed by atoms with Crippen molar-refractivity contribution >= 4 is 5.78 Å². The van der Waals surface area contributed by atoms with E-state index in [0.717, 1.165) is 30.1 Å². The molecule has 4 aliphatic rings. The molecule has 0 bridgehead atoms. The third-order valence-electron chi connectivity index (χ3n) is 7.54.